The molecule has 0 atom stereocenters. The first-order valence-corrected chi connectivity index (χ1v) is 6.74. The van der Waals surface area contributed by atoms with Gasteiger partial charge in [-0.05, 0) is 38.3 Å². The van der Waals surface area contributed by atoms with Crippen LogP contribution in [0, 0.1) is 19.3 Å². The fraction of sp³-hybridized carbons (Fsp3) is 0.533. The molecule has 1 saturated heterocycles. The summed E-state index contributed by atoms with van der Waals surface area (Å²) in [6.07, 6.45) is 1.39. The maximum atomic E-state index is 12.5. The average Bonchev–Trinajstić information content (AvgIpc) is 2.42. The molecule has 2 rings (SSSR count). The number of ether oxygens (including phenoxy) is 1. The van der Waals surface area contributed by atoms with Crippen LogP contribution >= 0.6 is 12.4 Å². The SMILES string of the molecule is Cc1ccc(NC(=O)C2(CN)CCOCC2)c(C)c1.Cl. The lowest BCUT2D eigenvalue weighted by Crippen LogP contribution is -2.46. The van der Waals surface area contributed by atoms with Gasteiger partial charge in [0, 0.05) is 25.4 Å². The van der Waals surface area contributed by atoms with Crippen LogP contribution in [0.2, 0.25) is 0 Å². The van der Waals surface area contributed by atoms with Crippen molar-refractivity contribution in [2.45, 2.75) is 26.7 Å². The second-order valence-electron chi connectivity index (χ2n) is 5.37. The summed E-state index contributed by atoms with van der Waals surface area (Å²) >= 11 is 0. The Morgan fingerprint density at radius 3 is 2.55 bits per heavy atom. The Hall–Kier alpha value is -1.10. The van der Waals surface area contributed by atoms with Gasteiger partial charge >= 0.3 is 0 Å². The summed E-state index contributed by atoms with van der Waals surface area (Å²) < 4.78 is 5.33. The van der Waals surface area contributed by atoms with Gasteiger partial charge in [-0.1, -0.05) is 17.7 Å². The van der Waals surface area contributed by atoms with Crippen molar-refractivity contribution < 1.29 is 9.53 Å². The Labute approximate surface area is 126 Å². The second kappa shape index (κ2) is 7.07. The van der Waals surface area contributed by atoms with Crippen molar-refractivity contribution >= 4 is 24.0 Å². The van der Waals surface area contributed by atoms with Gasteiger partial charge in [-0.25, -0.2) is 0 Å². The van der Waals surface area contributed by atoms with Crippen molar-refractivity contribution in [3.05, 3.63) is 29.3 Å². The lowest BCUT2D eigenvalue weighted by atomic mass is 9.79. The normalized spacial score (nSPS) is 17.1. The minimum absolute atomic E-state index is 0. The molecule has 1 heterocycles. The number of hydrogen-bond acceptors (Lipinski definition) is 3. The highest BCUT2D eigenvalue weighted by Crippen LogP contribution is 2.31. The quantitative estimate of drug-likeness (QED) is 0.901. The predicted octanol–water partition coefficient (Wildman–Crippen LogP) is 2.42. The molecule has 0 aromatic heterocycles. The van der Waals surface area contributed by atoms with Crippen LogP contribution in [0.1, 0.15) is 24.0 Å². The smallest absolute Gasteiger partial charge is 0.232 e. The maximum absolute atomic E-state index is 12.5. The number of aryl methyl sites for hydroxylation is 2. The van der Waals surface area contributed by atoms with E-state index in [2.05, 4.69) is 11.4 Å². The molecule has 4 nitrogen and oxygen atoms in total. The van der Waals surface area contributed by atoms with Crippen LogP contribution < -0.4 is 11.1 Å². The van der Waals surface area contributed by atoms with Gasteiger partial charge < -0.3 is 15.8 Å². The van der Waals surface area contributed by atoms with Gasteiger partial charge in [-0.3, -0.25) is 4.79 Å². The molecule has 0 aliphatic carbocycles. The summed E-state index contributed by atoms with van der Waals surface area (Å²) in [6, 6.07) is 6.02. The van der Waals surface area contributed by atoms with Gasteiger partial charge in [0.2, 0.25) is 5.91 Å². The molecule has 1 aliphatic heterocycles. The van der Waals surface area contributed by atoms with Crippen LogP contribution in [-0.4, -0.2) is 25.7 Å². The summed E-state index contributed by atoms with van der Waals surface area (Å²) in [5.74, 6) is 0.0188. The fourth-order valence-corrected chi connectivity index (χ4v) is 2.49. The van der Waals surface area contributed by atoms with E-state index in [1.165, 1.54) is 5.56 Å². The van der Waals surface area contributed by atoms with Gasteiger partial charge in [-0.15, -0.1) is 12.4 Å². The highest BCUT2D eigenvalue weighted by molar-refractivity contribution is 5.96. The summed E-state index contributed by atoms with van der Waals surface area (Å²) in [5.41, 5.74) is 8.50. The van der Waals surface area contributed by atoms with E-state index in [0.29, 0.717) is 32.6 Å². The molecule has 20 heavy (non-hydrogen) atoms. The zero-order valence-corrected chi connectivity index (χ0v) is 12.9. The van der Waals surface area contributed by atoms with E-state index in [1.807, 2.05) is 26.0 Å². The number of nitrogens with one attached hydrogen (secondary N) is 1. The molecule has 0 saturated carbocycles. The molecule has 0 radical (unpaired) electrons. The van der Waals surface area contributed by atoms with Crippen molar-refractivity contribution in [3.8, 4) is 0 Å². The molecule has 1 aromatic carbocycles. The standard InChI is InChI=1S/C15H22N2O2.ClH/c1-11-3-4-13(12(2)9-11)17-14(18)15(10-16)5-7-19-8-6-15;/h3-4,9H,5-8,10,16H2,1-2H3,(H,17,18);1H. The van der Waals surface area contributed by atoms with E-state index < -0.39 is 5.41 Å². The van der Waals surface area contributed by atoms with Crippen LogP contribution in [0.5, 0.6) is 0 Å². The van der Waals surface area contributed by atoms with Crippen molar-refractivity contribution in [2.24, 2.45) is 11.1 Å². The van der Waals surface area contributed by atoms with E-state index in [9.17, 15) is 4.79 Å². The topological polar surface area (TPSA) is 64.4 Å². The molecular formula is C15H23ClN2O2. The number of carbonyl (C=O) groups excluding carboxylic acids is 1. The third-order valence-electron chi connectivity index (χ3n) is 3.95. The summed E-state index contributed by atoms with van der Waals surface area (Å²) in [4.78, 5) is 12.5. The molecule has 5 heteroatoms. The zero-order chi connectivity index (χ0) is 13.9. The Bertz CT molecular complexity index is 471. The second-order valence-corrected chi connectivity index (χ2v) is 5.37. The van der Waals surface area contributed by atoms with E-state index in [4.69, 9.17) is 10.5 Å². The van der Waals surface area contributed by atoms with Crippen LogP contribution in [0.25, 0.3) is 0 Å². The molecule has 1 aliphatic rings. The fourth-order valence-electron chi connectivity index (χ4n) is 2.49. The van der Waals surface area contributed by atoms with Crippen molar-refractivity contribution in [3.63, 3.8) is 0 Å². The number of halogens is 1. The Morgan fingerprint density at radius 2 is 2.00 bits per heavy atom. The summed E-state index contributed by atoms with van der Waals surface area (Å²) in [5, 5.41) is 3.02. The highest BCUT2D eigenvalue weighted by Gasteiger charge is 2.38. The summed E-state index contributed by atoms with van der Waals surface area (Å²) in [6.45, 7) is 5.63. The Balaban J connectivity index is 0.00000200. The van der Waals surface area contributed by atoms with Crippen LogP contribution in [0.4, 0.5) is 5.69 Å². The molecule has 1 amide bonds. The Kier molecular flexibility index (Phi) is 5.99. The lowest BCUT2D eigenvalue weighted by molar-refractivity contribution is -0.130. The number of carbonyl (C=O) groups is 1. The molecule has 1 fully saturated rings. The van der Waals surface area contributed by atoms with Crippen molar-refractivity contribution in [1.29, 1.82) is 0 Å². The number of amides is 1. The Morgan fingerprint density at radius 1 is 1.35 bits per heavy atom. The molecule has 0 bridgehead atoms. The zero-order valence-electron chi connectivity index (χ0n) is 12.1. The first-order valence-electron chi connectivity index (χ1n) is 6.74. The largest absolute Gasteiger partial charge is 0.381 e. The van der Waals surface area contributed by atoms with E-state index in [1.54, 1.807) is 0 Å². The molecule has 112 valence electrons. The van der Waals surface area contributed by atoms with Crippen LogP contribution in [0.15, 0.2) is 18.2 Å². The highest BCUT2D eigenvalue weighted by atomic mass is 35.5. The number of benzene rings is 1. The number of nitrogens with two attached hydrogens (primary N) is 1. The minimum Gasteiger partial charge on any atom is -0.381 e. The van der Waals surface area contributed by atoms with Gasteiger partial charge in [0.05, 0.1) is 5.41 Å². The molecule has 3 N–H and O–H groups in total. The van der Waals surface area contributed by atoms with Crippen molar-refractivity contribution in [1.82, 2.24) is 0 Å². The van der Waals surface area contributed by atoms with Crippen molar-refractivity contribution in [2.75, 3.05) is 25.1 Å². The van der Waals surface area contributed by atoms with E-state index in [0.717, 1.165) is 11.3 Å². The average molecular weight is 299 g/mol. The minimum atomic E-state index is -0.477. The summed E-state index contributed by atoms with van der Waals surface area (Å²) in [7, 11) is 0. The molecule has 0 spiro atoms. The van der Waals surface area contributed by atoms with Gasteiger partial charge in [0.25, 0.3) is 0 Å². The van der Waals surface area contributed by atoms with E-state index >= 15 is 0 Å². The predicted molar refractivity (Wildman–Crippen MR) is 83.3 cm³/mol. The van der Waals surface area contributed by atoms with E-state index in [-0.39, 0.29) is 18.3 Å². The third-order valence-corrected chi connectivity index (χ3v) is 3.95. The molecular weight excluding hydrogens is 276 g/mol. The number of anilines is 1. The first kappa shape index (κ1) is 17.0. The maximum Gasteiger partial charge on any atom is 0.232 e. The van der Waals surface area contributed by atoms with Gasteiger partial charge in [0.15, 0.2) is 0 Å². The number of hydrogen-bond donors (Lipinski definition) is 2. The first-order chi connectivity index (χ1) is 9.07. The molecule has 1 aromatic rings. The third kappa shape index (κ3) is 3.51. The molecule has 0 unspecified atom stereocenters. The monoisotopic (exact) mass is 298 g/mol. The van der Waals surface area contributed by atoms with Gasteiger partial charge in [-0.2, -0.15) is 0 Å². The number of rotatable bonds is 3. The van der Waals surface area contributed by atoms with Gasteiger partial charge in [0.1, 0.15) is 0 Å². The lowest BCUT2D eigenvalue weighted by Gasteiger charge is -2.34. The van der Waals surface area contributed by atoms with Crippen LogP contribution in [0.3, 0.4) is 0 Å². The van der Waals surface area contributed by atoms with Crippen LogP contribution in [-0.2, 0) is 9.53 Å².